The summed E-state index contributed by atoms with van der Waals surface area (Å²) in [4.78, 5) is 27.1. The van der Waals surface area contributed by atoms with Gasteiger partial charge in [0.25, 0.3) is 0 Å². The van der Waals surface area contributed by atoms with E-state index < -0.39 is 23.7 Å². The van der Waals surface area contributed by atoms with Crippen molar-refractivity contribution in [3.8, 4) is 0 Å². The van der Waals surface area contributed by atoms with Gasteiger partial charge in [0.05, 0.1) is 6.61 Å². The highest BCUT2D eigenvalue weighted by atomic mass is 16.6. The SMILES string of the molecule is CN1CCC[C@@H](COC(=O)C(NC(=O)OC(C)(C)C)c2ccccc2)C1. The molecule has 1 fully saturated rings. The van der Waals surface area contributed by atoms with Gasteiger partial charge in [-0.25, -0.2) is 9.59 Å². The lowest BCUT2D eigenvalue weighted by Gasteiger charge is -2.29. The molecule has 0 spiro atoms. The van der Waals surface area contributed by atoms with E-state index in [9.17, 15) is 9.59 Å². The lowest BCUT2D eigenvalue weighted by molar-refractivity contribution is -0.148. The standard InChI is InChI=1S/C20H30N2O4/c1-20(2,3)26-19(24)21-17(16-10-6-5-7-11-16)18(23)25-14-15-9-8-12-22(4)13-15/h5-7,10-11,15,17H,8-9,12-14H2,1-4H3,(H,21,24)/t15-,17?/m1/s1. The summed E-state index contributed by atoms with van der Waals surface area (Å²) in [5, 5.41) is 2.64. The van der Waals surface area contributed by atoms with Gasteiger partial charge in [-0.2, -0.15) is 0 Å². The molecule has 144 valence electrons. The minimum absolute atomic E-state index is 0.329. The summed E-state index contributed by atoms with van der Waals surface area (Å²) in [5.41, 5.74) is 0.0335. The normalized spacial score (nSPS) is 19.5. The minimum Gasteiger partial charge on any atom is -0.464 e. The summed E-state index contributed by atoms with van der Waals surface area (Å²) in [6.07, 6.45) is 1.52. The van der Waals surface area contributed by atoms with Crippen LogP contribution < -0.4 is 5.32 Å². The van der Waals surface area contributed by atoms with Crippen LogP contribution in [-0.4, -0.2) is 49.3 Å². The average molecular weight is 362 g/mol. The summed E-state index contributed by atoms with van der Waals surface area (Å²) in [6, 6.07) is 8.20. The van der Waals surface area contributed by atoms with Crippen molar-refractivity contribution < 1.29 is 19.1 Å². The Kier molecular flexibility index (Phi) is 7.03. The highest BCUT2D eigenvalue weighted by molar-refractivity contribution is 5.82. The molecule has 1 N–H and O–H groups in total. The number of hydrogen-bond acceptors (Lipinski definition) is 5. The Morgan fingerprint density at radius 1 is 1.27 bits per heavy atom. The van der Waals surface area contributed by atoms with Crippen molar-refractivity contribution in [1.29, 1.82) is 0 Å². The molecule has 1 aromatic rings. The smallest absolute Gasteiger partial charge is 0.408 e. The quantitative estimate of drug-likeness (QED) is 0.815. The first-order chi connectivity index (χ1) is 12.2. The van der Waals surface area contributed by atoms with E-state index in [-0.39, 0.29) is 0 Å². The van der Waals surface area contributed by atoms with Crippen LogP contribution >= 0.6 is 0 Å². The molecule has 0 radical (unpaired) electrons. The van der Waals surface area contributed by atoms with Gasteiger partial charge in [0.1, 0.15) is 5.60 Å². The largest absolute Gasteiger partial charge is 0.464 e. The number of piperidine rings is 1. The Labute approximate surface area is 155 Å². The van der Waals surface area contributed by atoms with E-state index in [1.165, 1.54) is 0 Å². The van der Waals surface area contributed by atoms with Crippen LogP contribution in [0.25, 0.3) is 0 Å². The number of esters is 1. The molecule has 2 atom stereocenters. The van der Waals surface area contributed by atoms with E-state index in [1.54, 1.807) is 32.9 Å². The van der Waals surface area contributed by atoms with Gasteiger partial charge in [0.15, 0.2) is 6.04 Å². The summed E-state index contributed by atoms with van der Waals surface area (Å²) >= 11 is 0. The molecule has 1 amide bonds. The zero-order valence-corrected chi connectivity index (χ0v) is 16.2. The predicted molar refractivity (Wildman–Crippen MR) is 99.7 cm³/mol. The fraction of sp³-hybridized carbons (Fsp3) is 0.600. The molecule has 1 heterocycles. The Balaban J connectivity index is 2.00. The molecular weight excluding hydrogens is 332 g/mol. The molecule has 1 aromatic carbocycles. The molecule has 0 aliphatic carbocycles. The predicted octanol–water partition coefficient (Wildman–Crippen LogP) is 3.14. The van der Waals surface area contributed by atoms with Crippen LogP contribution in [-0.2, 0) is 14.3 Å². The van der Waals surface area contributed by atoms with Gasteiger partial charge < -0.3 is 19.7 Å². The molecule has 1 unspecified atom stereocenters. The lowest BCUT2D eigenvalue weighted by Crippen LogP contribution is -2.40. The van der Waals surface area contributed by atoms with Crippen molar-refractivity contribution in [3.63, 3.8) is 0 Å². The number of benzene rings is 1. The Morgan fingerprint density at radius 2 is 1.96 bits per heavy atom. The number of likely N-dealkylation sites (tertiary alicyclic amines) is 1. The number of nitrogens with one attached hydrogen (secondary N) is 1. The van der Waals surface area contributed by atoms with Crippen molar-refractivity contribution in [2.45, 2.75) is 45.3 Å². The van der Waals surface area contributed by atoms with Crippen LogP contribution in [0.5, 0.6) is 0 Å². The second-order valence-electron chi connectivity index (χ2n) is 7.89. The van der Waals surface area contributed by atoms with Gasteiger partial charge in [-0.15, -0.1) is 0 Å². The molecule has 2 rings (SSSR count). The maximum absolute atomic E-state index is 12.7. The number of rotatable bonds is 5. The van der Waals surface area contributed by atoms with Gasteiger partial charge in [-0.1, -0.05) is 30.3 Å². The Bertz CT molecular complexity index is 598. The number of ether oxygens (including phenoxy) is 2. The van der Waals surface area contributed by atoms with E-state index in [0.29, 0.717) is 18.1 Å². The summed E-state index contributed by atoms with van der Waals surface area (Å²) in [7, 11) is 2.07. The average Bonchev–Trinajstić information content (AvgIpc) is 2.57. The van der Waals surface area contributed by atoms with Crippen molar-refractivity contribution in [2.24, 2.45) is 5.92 Å². The van der Waals surface area contributed by atoms with E-state index in [2.05, 4.69) is 17.3 Å². The van der Waals surface area contributed by atoms with Crippen LogP contribution in [0.3, 0.4) is 0 Å². The number of carbonyl (C=O) groups is 2. The zero-order valence-electron chi connectivity index (χ0n) is 16.2. The third kappa shape index (κ3) is 6.67. The number of nitrogens with zero attached hydrogens (tertiary/aromatic N) is 1. The molecule has 1 saturated heterocycles. The second kappa shape index (κ2) is 9.03. The van der Waals surface area contributed by atoms with Crippen LogP contribution in [0.2, 0.25) is 0 Å². The topological polar surface area (TPSA) is 67.9 Å². The maximum Gasteiger partial charge on any atom is 0.408 e. The third-order valence-corrected chi connectivity index (χ3v) is 4.21. The molecule has 1 aliphatic rings. The highest BCUT2D eigenvalue weighted by Gasteiger charge is 2.28. The first kappa shape index (κ1) is 20.2. The highest BCUT2D eigenvalue weighted by Crippen LogP contribution is 2.19. The van der Waals surface area contributed by atoms with Gasteiger partial charge >= 0.3 is 12.1 Å². The summed E-state index contributed by atoms with van der Waals surface area (Å²) in [6.45, 7) is 7.70. The Hall–Kier alpha value is -2.08. The molecule has 0 bridgehead atoms. The first-order valence-corrected chi connectivity index (χ1v) is 9.14. The van der Waals surface area contributed by atoms with E-state index in [4.69, 9.17) is 9.47 Å². The summed E-state index contributed by atoms with van der Waals surface area (Å²) < 4.78 is 10.8. The molecule has 0 aromatic heterocycles. The fourth-order valence-corrected chi connectivity index (χ4v) is 3.04. The maximum atomic E-state index is 12.7. The van der Waals surface area contributed by atoms with Gasteiger partial charge in [-0.3, -0.25) is 0 Å². The number of alkyl carbamates (subject to hydrolysis) is 1. The van der Waals surface area contributed by atoms with Crippen molar-refractivity contribution in [1.82, 2.24) is 10.2 Å². The van der Waals surface area contributed by atoms with Crippen LogP contribution in [0.4, 0.5) is 4.79 Å². The molecule has 6 nitrogen and oxygen atoms in total. The number of amides is 1. The van der Waals surface area contributed by atoms with Crippen LogP contribution in [0.15, 0.2) is 30.3 Å². The molecule has 0 saturated carbocycles. The lowest BCUT2D eigenvalue weighted by atomic mass is 9.99. The van der Waals surface area contributed by atoms with E-state index in [1.807, 2.05) is 18.2 Å². The summed E-state index contributed by atoms with van der Waals surface area (Å²) in [5.74, 6) is -0.133. The van der Waals surface area contributed by atoms with Gasteiger partial charge in [0, 0.05) is 12.5 Å². The monoisotopic (exact) mass is 362 g/mol. The molecule has 6 heteroatoms. The van der Waals surface area contributed by atoms with Gasteiger partial charge in [-0.05, 0) is 52.8 Å². The third-order valence-electron chi connectivity index (χ3n) is 4.21. The minimum atomic E-state index is -0.882. The van der Waals surface area contributed by atoms with Crippen molar-refractivity contribution in [3.05, 3.63) is 35.9 Å². The molecular formula is C20H30N2O4. The first-order valence-electron chi connectivity index (χ1n) is 9.14. The fourth-order valence-electron chi connectivity index (χ4n) is 3.04. The van der Waals surface area contributed by atoms with Crippen molar-refractivity contribution >= 4 is 12.1 Å². The van der Waals surface area contributed by atoms with E-state index in [0.717, 1.165) is 25.9 Å². The number of carbonyl (C=O) groups excluding carboxylic acids is 2. The Morgan fingerprint density at radius 3 is 2.58 bits per heavy atom. The van der Waals surface area contributed by atoms with Crippen LogP contribution in [0.1, 0.15) is 45.2 Å². The molecule has 1 aliphatic heterocycles. The van der Waals surface area contributed by atoms with Crippen LogP contribution in [0, 0.1) is 5.92 Å². The number of hydrogen-bond donors (Lipinski definition) is 1. The zero-order chi connectivity index (χ0) is 19.2. The van der Waals surface area contributed by atoms with Gasteiger partial charge in [0.2, 0.25) is 0 Å². The van der Waals surface area contributed by atoms with Crippen molar-refractivity contribution in [2.75, 3.05) is 26.7 Å². The second-order valence-corrected chi connectivity index (χ2v) is 7.89. The molecule has 26 heavy (non-hydrogen) atoms. The van der Waals surface area contributed by atoms with E-state index >= 15 is 0 Å².